The van der Waals surface area contributed by atoms with Gasteiger partial charge in [-0.3, -0.25) is 4.68 Å². The predicted molar refractivity (Wildman–Crippen MR) is 68.8 cm³/mol. The molecule has 19 heavy (non-hydrogen) atoms. The Kier molecular flexibility index (Phi) is 4.26. The third-order valence-corrected chi connectivity index (χ3v) is 2.81. The van der Waals surface area contributed by atoms with E-state index in [0.29, 0.717) is 18.7 Å². The van der Waals surface area contributed by atoms with Crippen molar-refractivity contribution in [2.75, 3.05) is 13.7 Å². The number of aromatic nitrogens is 2. The topological polar surface area (TPSA) is 50.8 Å². The van der Waals surface area contributed by atoms with Crippen molar-refractivity contribution in [1.29, 1.82) is 5.26 Å². The molecule has 5 heteroatoms. The standard InChI is InChI=1S/C14H14FN3O/c1-19-7-6-18-10-13(9-17-18)12-3-2-11(4-5-16)14(15)8-12/h2-3,8-10H,4,6-7H2,1H3. The summed E-state index contributed by atoms with van der Waals surface area (Å²) < 4.78 is 20.5. The second-order valence-electron chi connectivity index (χ2n) is 4.13. The molecule has 0 amide bonds. The molecule has 0 aliphatic heterocycles. The van der Waals surface area contributed by atoms with E-state index in [0.717, 1.165) is 11.1 Å². The first-order valence-electron chi connectivity index (χ1n) is 5.91. The normalized spacial score (nSPS) is 10.4. The molecule has 0 bridgehead atoms. The zero-order valence-electron chi connectivity index (χ0n) is 10.6. The highest BCUT2D eigenvalue weighted by Gasteiger charge is 2.06. The van der Waals surface area contributed by atoms with Crippen molar-refractivity contribution in [1.82, 2.24) is 9.78 Å². The Morgan fingerprint density at radius 1 is 1.42 bits per heavy atom. The number of nitriles is 1. The first-order chi connectivity index (χ1) is 9.24. The fourth-order valence-electron chi connectivity index (χ4n) is 1.78. The number of benzene rings is 1. The van der Waals surface area contributed by atoms with Crippen molar-refractivity contribution in [2.24, 2.45) is 0 Å². The summed E-state index contributed by atoms with van der Waals surface area (Å²) in [4.78, 5) is 0. The Morgan fingerprint density at radius 3 is 2.95 bits per heavy atom. The Hall–Kier alpha value is -2.19. The molecule has 0 aliphatic carbocycles. The van der Waals surface area contributed by atoms with Crippen molar-refractivity contribution < 1.29 is 9.13 Å². The Balaban J connectivity index is 2.20. The van der Waals surface area contributed by atoms with Crippen LogP contribution in [0.1, 0.15) is 5.56 Å². The maximum atomic E-state index is 13.7. The van der Waals surface area contributed by atoms with E-state index in [4.69, 9.17) is 10.00 Å². The molecule has 0 saturated heterocycles. The molecule has 1 aromatic heterocycles. The summed E-state index contributed by atoms with van der Waals surface area (Å²) in [6, 6.07) is 6.81. The molecule has 0 saturated carbocycles. The van der Waals surface area contributed by atoms with Gasteiger partial charge in [0.25, 0.3) is 0 Å². The highest BCUT2D eigenvalue weighted by molar-refractivity contribution is 5.62. The van der Waals surface area contributed by atoms with Gasteiger partial charge in [0.1, 0.15) is 5.82 Å². The van der Waals surface area contributed by atoms with Gasteiger partial charge in [-0.25, -0.2) is 4.39 Å². The van der Waals surface area contributed by atoms with Gasteiger partial charge < -0.3 is 4.74 Å². The maximum Gasteiger partial charge on any atom is 0.128 e. The summed E-state index contributed by atoms with van der Waals surface area (Å²) in [5.74, 6) is -0.358. The van der Waals surface area contributed by atoms with Crippen molar-refractivity contribution in [2.45, 2.75) is 13.0 Å². The van der Waals surface area contributed by atoms with Crippen LogP contribution in [0.5, 0.6) is 0 Å². The van der Waals surface area contributed by atoms with E-state index >= 15 is 0 Å². The number of halogens is 1. The van der Waals surface area contributed by atoms with Gasteiger partial charge in [-0.1, -0.05) is 12.1 Å². The lowest BCUT2D eigenvalue weighted by Crippen LogP contribution is -2.03. The second kappa shape index (κ2) is 6.12. The zero-order valence-corrected chi connectivity index (χ0v) is 10.6. The lowest BCUT2D eigenvalue weighted by molar-refractivity contribution is 0.183. The van der Waals surface area contributed by atoms with Gasteiger partial charge >= 0.3 is 0 Å². The maximum absolute atomic E-state index is 13.7. The molecule has 2 rings (SSSR count). The lowest BCUT2D eigenvalue weighted by Gasteiger charge is -2.02. The van der Waals surface area contributed by atoms with Crippen LogP contribution in [0.2, 0.25) is 0 Å². The van der Waals surface area contributed by atoms with E-state index in [9.17, 15) is 4.39 Å². The van der Waals surface area contributed by atoms with E-state index in [1.807, 2.05) is 12.3 Å². The van der Waals surface area contributed by atoms with E-state index < -0.39 is 0 Å². The first kappa shape index (κ1) is 13.2. The average molecular weight is 259 g/mol. The largest absolute Gasteiger partial charge is 0.383 e. The SMILES string of the molecule is COCCn1cc(-c2ccc(CC#N)c(F)c2)cn1. The molecule has 4 nitrogen and oxygen atoms in total. The Morgan fingerprint density at radius 2 is 2.26 bits per heavy atom. The summed E-state index contributed by atoms with van der Waals surface area (Å²) in [5.41, 5.74) is 2.01. The zero-order chi connectivity index (χ0) is 13.7. The quantitative estimate of drug-likeness (QED) is 0.828. The van der Waals surface area contributed by atoms with E-state index in [2.05, 4.69) is 5.10 Å². The monoisotopic (exact) mass is 259 g/mol. The molecule has 98 valence electrons. The van der Waals surface area contributed by atoms with Crippen LogP contribution >= 0.6 is 0 Å². The lowest BCUT2D eigenvalue weighted by atomic mass is 10.1. The molecule has 0 unspecified atom stereocenters. The fraction of sp³-hybridized carbons (Fsp3) is 0.286. The van der Waals surface area contributed by atoms with Gasteiger partial charge in [0.2, 0.25) is 0 Å². The summed E-state index contributed by atoms with van der Waals surface area (Å²) >= 11 is 0. The molecule has 0 atom stereocenters. The Labute approximate surface area is 111 Å². The van der Waals surface area contributed by atoms with Crippen molar-refractivity contribution in [3.8, 4) is 17.2 Å². The van der Waals surface area contributed by atoms with Gasteiger partial charge in [0, 0.05) is 24.4 Å². The van der Waals surface area contributed by atoms with Crippen molar-refractivity contribution in [3.63, 3.8) is 0 Å². The molecular formula is C14H14FN3O. The molecule has 0 aliphatic rings. The molecule has 1 aromatic carbocycles. The van der Waals surface area contributed by atoms with Crippen LogP contribution in [0, 0.1) is 17.1 Å². The highest BCUT2D eigenvalue weighted by Crippen LogP contribution is 2.21. The molecule has 0 radical (unpaired) electrons. The minimum atomic E-state index is -0.358. The van der Waals surface area contributed by atoms with Crippen LogP contribution in [0.3, 0.4) is 0 Å². The van der Waals surface area contributed by atoms with E-state index in [-0.39, 0.29) is 12.2 Å². The fourth-order valence-corrected chi connectivity index (χ4v) is 1.78. The van der Waals surface area contributed by atoms with Gasteiger partial charge in [0.05, 0.1) is 31.8 Å². The molecule has 1 heterocycles. The average Bonchev–Trinajstić information content (AvgIpc) is 2.88. The second-order valence-corrected chi connectivity index (χ2v) is 4.13. The molecule has 2 aromatic rings. The van der Waals surface area contributed by atoms with Gasteiger partial charge in [0.15, 0.2) is 0 Å². The van der Waals surface area contributed by atoms with Crippen molar-refractivity contribution in [3.05, 3.63) is 42.0 Å². The third-order valence-electron chi connectivity index (χ3n) is 2.81. The minimum absolute atomic E-state index is 0.0826. The number of methoxy groups -OCH3 is 1. The predicted octanol–water partition coefficient (Wildman–Crippen LogP) is 2.40. The number of nitrogens with zero attached hydrogens (tertiary/aromatic N) is 3. The van der Waals surface area contributed by atoms with Crippen LogP contribution in [0.25, 0.3) is 11.1 Å². The smallest absolute Gasteiger partial charge is 0.128 e. The van der Waals surface area contributed by atoms with Crippen molar-refractivity contribution >= 4 is 0 Å². The van der Waals surface area contributed by atoms with Crippen LogP contribution < -0.4 is 0 Å². The third kappa shape index (κ3) is 3.18. The Bertz CT molecular complexity index is 601. The van der Waals surface area contributed by atoms with Gasteiger partial charge in [-0.2, -0.15) is 10.4 Å². The number of rotatable bonds is 5. The van der Waals surface area contributed by atoms with Gasteiger partial charge in [-0.05, 0) is 11.6 Å². The summed E-state index contributed by atoms with van der Waals surface area (Å²) in [5, 5.41) is 12.8. The summed E-state index contributed by atoms with van der Waals surface area (Å²) in [6.45, 7) is 1.24. The first-order valence-corrected chi connectivity index (χ1v) is 5.91. The molecule has 0 spiro atoms. The van der Waals surface area contributed by atoms with Gasteiger partial charge in [-0.15, -0.1) is 0 Å². The molecule has 0 N–H and O–H groups in total. The van der Waals surface area contributed by atoms with Crippen LogP contribution in [-0.2, 0) is 17.7 Å². The number of ether oxygens (including phenoxy) is 1. The minimum Gasteiger partial charge on any atom is -0.383 e. The summed E-state index contributed by atoms with van der Waals surface area (Å²) in [6.07, 6.45) is 3.62. The highest BCUT2D eigenvalue weighted by atomic mass is 19.1. The van der Waals surface area contributed by atoms with E-state index in [1.54, 1.807) is 30.1 Å². The van der Waals surface area contributed by atoms with Crippen LogP contribution in [-0.4, -0.2) is 23.5 Å². The molecule has 0 fully saturated rings. The van der Waals surface area contributed by atoms with Crippen LogP contribution in [0.15, 0.2) is 30.6 Å². The summed E-state index contributed by atoms with van der Waals surface area (Å²) in [7, 11) is 1.63. The number of hydrogen-bond acceptors (Lipinski definition) is 3. The van der Waals surface area contributed by atoms with E-state index in [1.165, 1.54) is 6.07 Å². The van der Waals surface area contributed by atoms with Crippen LogP contribution in [0.4, 0.5) is 4.39 Å². The molecular weight excluding hydrogens is 245 g/mol. The number of hydrogen-bond donors (Lipinski definition) is 0.